The SMILES string of the molecule is O=c1[nH]nc(C2CC=CC2)n1C1CC1. The van der Waals surface area contributed by atoms with E-state index in [2.05, 4.69) is 22.3 Å². The van der Waals surface area contributed by atoms with Gasteiger partial charge in [-0.05, 0) is 25.7 Å². The van der Waals surface area contributed by atoms with E-state index in [0.717, 1.165) is 31.5 Å². The minimum Gasteiger partial charge on any atom is -0.276 e. The molecule has 0 bridgehead atoms. The fourth-order valence-corrected chi connectivity index (χ4v) is 2.12. The number of allylic oxidation sites excluding steroid dienone is 2. The fraction of sp³-hybridized carbons (Fsp3) is 0.600. The van der Waals surface area contributed by atoms with Crippen molar-refractivity contribution in [3.63, 3.8) is 0 Å². The first-order valence-electron chi connectivity index (χ1n) is 5.18. The van der Waals surface area contributed by atoms with Crippen molar-refractivity contribution in [1.29, 1.82) is 0 Å². The number of nitrogens with zero attached hydrogens (tertiary/aromatic N) is 2. The van der Waals surface area contributed by atoms with Gasteiger partial charge in [-0.2, -0.15) is 5.10 Å². The molecule has 1 fully saturated rings. The van der Waals surface area contributed by atoms with E-state index < -0.39 is 0 Å². The summed E-state index contributed by atoms with van der Waals surface area (Å²) in [5.74, 6) is 1.39. The van der Waals surface area contributed by atoms with Gasteiger partial charge in [0, 0.05) is 12.0 Å². The van der Waals surface area contributed by atoms with Gasteiger partial charge in [0.25, 0.3) is 0 Å². The molecule has 4 nitrogen and oxygen atoms in total. The Morgan fingerprint density at radius 2 is 2.07 bits per heavy atom. The Morgan fingerprint density at radius 1 is 1.36 bits per heavy atom. The molecule has 3 rings (SSSR count). The van der Waals surface area contributed by atoms with Crippen LogP contribution in [0, 0.1) is 0 Å². The zero-order chi connectivity index (χ0) is 9.54. The third-order valence-electron chi connectivity index (χ3n) is 3.02. The third-order valence-corrected chi connectivity index (χ3v) is 3.02. The molecule has 0 saturated heterocycles. The molecule has 0 radical (unpaired) electrons. The van der Waals surface area contributed by atoms with E-state index >= 15 is 0 Å². The van der Waals surface area contributed by atoms with Crippen LogP contribution in [-0.2, 0) is 0 Å². The van der Waals surface area contributed by atoms with E-state index in [-0.39, 0.29) is 5.69 Å². The molecule has 0 spiro atoms. The molecule has 1 N–H and O–H groups in total. The highest BCUT2D eigenvalue weighted by Crippen LogP contribution is 2.37. The monoisotopic (exact) mass is 191 g/mol. The number of nitrogens with one attached hydrogen (secondary N) is 1. The smallest absolute Gasteiger partial charge is 0.276 e. The first kappa shape index (κ1) is 8.03. The lowest BCUT2D eigenvalue weighted by molar-refractivity contribution is 0.594. The highest BCUT2D eigenvalue weighted by atomic mass is 16.1. The Balaban J connectivity index is 2.00. The Morgan fingerprint density at radius 3 is 2.71 bits per heavy atom. The molecule has 4 heteroatoms. The molecule has 1 aromatic heterocycles. The van der Waals surface area contributed by atoms with E-state index in [4.69, 9.17) is 0 Å². The lowest BCUT2D eigenvalue weighted by Crippen LogP contribution is -2.18. The second kappa shape index (κ2) is 2.83. The summed E-state index contributed by atoms with van der Waals surface area (Å²) in [6.45, 7) is 0. The fourth-order valence-electron chi connectivity index (χ4n) is 2.12. The van der Waals surface area contributed by atoms with Gasteiger partial charge >= 0.3 is 5.69 Å². The van der Waals surface area contributed by atoms with Crippen molar-refractivity contribution in [2.75, 3.05) is 0 Å². The van der Waals surface area contributed by atoms with Crippen LogP contribution in [0.4, 0.5) is 0 Å². The second-order valence-corrected chi connectivity index (χ2v) is 4.13. The molecule has 0 aliphatic heterocycles. The van der Waals surface area contributed by atoms with Crippen molar-refractivity contribution >= 4 is 0 Å². The highest BCUT2D eigenvalue weighted by molar-refractivity contribution is 5.10. The van der Waals surface area contributed by atoms with Gasteiger partial charge in [-0.1, -0.05) is 12.2 Å². The van der Waals surface area contributed by atoms with Crippen LogP contribution >= 0.6 is 0 Å². The van der Waals surface area contributed by atoms with Gasteiger partial charge in [-0.25, -0.2) is 9.89 Å². The van der Waals surface area contributed by atoms with Crippen LogP contribution in [-0.4, -0.2) is 14.8 Å². The molecule has 74 valence electrons. The topological polar surface area (TPSA) is 50.7 Å². The predicted molar refractivity (Wildman–Crippen MR) is 52.2 cm³/mol. The van der Waals surface area contributed by atoms with E-state index in [9.17, 15) is 4.79 Å². The van der Waals surface area contributed by atoms with Gasteiger partial charge in [-0.3, -0.25) is 4.57 Å². The molecule has 14 heavy (non-hydrogen) atoms. The van der Waals surface area contributed by atoms with Crippen molar-refractivity contribution in [3.8, 4) is 0 Å². The standard InChI is InChI=1S/C10H13N3O/c14-10-12-11-9(7-3-1-2-4-7)13(10)8-5-6-8/h1-2,7-8H,3-6H2,(H,12,14). The van der Waals surface area contributed by atoms with Crippen molar-refractivity contribution < 1.29 is 0 Å². The van der Waals surface area contributed by atoms with Crippen LogP contribution in [0.2, 0.25) is 0 Å². The number of rotatable bonds is 2. The van der Waals surface area contributed by atoms with E-state index in [1.54, 1.807) is 0 Å². The van der Waals surface area contributed by atoms with Gasteiger partial charge in [0.05, 0.1) is 0 Å². The van der Waals surface area contributed by atoms with Crippen molar-refractivity contribution in [2.45, 2.75) is 37.6 Å². The molecule has 2 aliphatic rings. The highest BCUT2D eigenvalue weighted by Gasteiger charge is 2.31. The van der Waals surface area contributed by atoms with Gasteiger partial charge in [0.1, 0.15) is 5.82 Å². The summed E-state index contributed by atoms with van der Waals surface area (Å²) >= 11 is 0. The molecule has 0 amide bonds. The van der Waals surface area contributed by atoms with Crippen molar-refractivity contribution in [1.82, 2.24) is 14.8 Å². The molecular formula is C10H13N3O. The molecule has 1 aromatic rings. The summed E-state index contributed by atoms with van der Waals surface area (Å²) in [7, 11) is 0. The summed E-state index contributed by atoms with van der Waals surface area (Å²) in [5.41, 5.74) is -0.0330. The summed E-state index contributed by atoms with van der Waals surface area (Å²) in [5, 5.41) is 6.71. The van der Waals surface area contributed by atoms with Crippen LogP contribution in [0.25, 0.3) is 0 Å². The van der Waals surface area contributed by atoms with Crippen LogP contribution < -0.4 is 5.69 Å². The maximum Gasteiger partial charge on any atom is 0.343 e. The minimum absolute atomic E-state index is 0.0330. The van der Waals surface area contributed by atoms with Crippen LogP contribution in [0.5, 0.6) is 0 Å². The Kier molecular flexibility index (Phi) is 1.63. The van der Waals surface area contributed by atoms with E-state index in [1.165, 1.54) is 0 Å². The lowest BCUT2D eigenvalue weighted by Gasteiger charge is -2.09. The summed E-state index contributed by atoms with van der Waals surface area (Å²) in [6, 6.07) is 0.428. The third kappa shape index (κ3) is 1.14. The molecular weight excluding hydrogens is 178 g/mol. The van der Waals surface area contributed by atoms with Gasteiger partial charge in [-0.15, -0.1) is 0 Å². The largest absolute Gasteiger partial charge is 0.343 e. The minimum atomic E-state index is -0.0330. The molecule has 2 aliphatic carbocycles. The maximum atomic E-state index is 11.5. The molecule has 0 atom stereocenters. The quantitative estimate of drug-likeness (QED) is 0.717. The van der Waals surface area contributed by atoms with E-state index in [0.29, 0.717) is 12.0 Å². The normalized spacial score (nSPS) is 22.0. The predicted octanol–water partition coefficient (Wildman–Crippen LogP) is 1.34. The second-order valence-electron chi connectivity index (χ2n) is 4.13. The van der Waals surface area contributed by atoms with Crippen LogP contribution in [0.15, 0.2) is 16.9 Å². The molecule has 0 unspecified atom stereocenters. The number of H-pyrrole nitrogens is 1. The number of hydrogen-bond acceptors (Lipinski definition) is 2. The number of aromatic amines is 1. The Labute approximate surface area is 81.6 Å². The number of hydrogen-bond donors (Lipinski definition) is 1. The molecule has 1 saturated carbocycles. The average Bonchev–Trinajstić information content (AvgIpc) is 2.75. The first-order chi connectivity index (χ1) is 6.86. The van der Waals surface area contributed by atoms with Crippen LogP contribution in [0.1, 0.15) is 43.5 Å². The van der Waals surface area contributed by atoms with Gasteiger partial charge < -0.3 is 0 Å². The van der Waals surface area contributed by atoms with Crippen molar-refractivity contribution in [3.05, 3.63) is 28.5 Å². The number of aromatic nitrogens is 3. The average molecular weight is 191 g/mol. The summed E-state index contributed by atoms with van der Waals surface area (Å²) in [4.78, 5) is 11.5. The zero-order valence-electron chi connectivity index (χ0n) is 7.94. The van der Waals surface area contributed by atoms with Crippen molar-refractivity contribution in [2.24, 2.45) is 0 Å². The molecule has 1 heterocycles. The summed E-state index contributed by atoms with van der Waals surface area (Å²) < 4.78 is 1.86. The first-order valence-corrected chi connectivity index (χ1v) is 5.18. The zero-order valence-corrected chi connectivity index (χ0v) is 7.94. The van der Waals surface area contributed by atoms with Gasteiger partial charge in [0.15, 0.2) is 0 Å². The van der Waals surface area contributed by atoms with Gasteiger partial charge in [0.2, 0.25) is 0 Å². The Hall–Kier alpha value is -1.32. The lowest BCUT2D eigenvalue weighted by atomic mass is 10.1. The van der Waals surface area contributed by atoms with E-state index in [1.807, 2.05) is 4.57 Å². The summed E-state index contributed by atoms with van der Waals surface area (Å²) in [6.07, 6.45) is 8.65. The van der Waals surface area contributed by atoms with Crippen LogP contribution in [0.3, 0.4) is 0 Å². The molecule has 0 aromatic carbocycles. The Bertz CT molecular complexity index is 417. The maximum absolute atomic E-state index is 11.5.